The van der Waals surface area contributed by atoms with Crippen molar-refractivity contribution in [2.75, 3.05) is 18.2 Å². The van der Waals surface area contributed by atoms with E-state index in [1.165, 1.54) is 25.3 Å². The highest BCUT2D eigenvalue weighted by atomic mass is 32.2. The van der Waals surface area contributed by atoms with Gasteiger partial charge in [-0.05, 0) is 42.2 Å². The van der Waals surface area contributed by atoms with Crippen LogP contribution in [0, 0.1) is 10.1 Å². The van der Waals surface area contributed by atoms with Crippen LogP contribution in [-0.2, 0) is 0 Å². The first-order chi connectivity index (χ1) is 11.0. The fourth-order valence-electron chi connectivity index (χ4n) is 1.98. The molecule has 0 unspecified atom stereocenters. The molecule has 7 heteroatoms. The van der Waals surface area contributed by atoms with Crippen LogP contribution in [0.1, 0.15) is 17.3 Å². The monoisotopic (exact) mass is 332 g/mol. The van der Waals surface area contributed by atoms with Gasteiger partial charge in [0.1, 0.15) is 0 Å². The summed E-state index contributed by atoms with van der Waals surface area (Å²) in [6.07, 6.45) is 0. The number of anilines is 1. The highest BCUT2D eigenvalue weighted by molar-refractivity contribution is 7.99. The van der Waals surface area contributed by atoms with Crippen molar-refractivity contribution in [2.45, 2.75) is 11.8 Å². The van der Waals surface area contributed by atoms with E-state index in [4.69, 9.17) is 4.74 Å². The van der Waals surface area contributed by atoms with E-state index in [1.807, 2.05) is 12.1 Å². The third kappa shape index (κ3) is 4.23. The number of methoxy groups -OCH3 is 1. The van der Waals surface area contributed by atoms with Gasteiger partial charge in [0, 0.05) is 22.2 Å². The summed E-state index contributed by atoms with van der Waals surface area (Å²) < 4.78 is 4.92. The molecule has 0 aliphatic rings. The fourth-order valence-corrected chi connectivity index (χ4v) is 2.64. The summed E-state index contributed by atoms with van der Waals surface area (Å²) in [5.74, 6) is 0.681. The largest absolute Gasteiger partial charge is 0.490 e. The lowest BCUT2D eigenvalue weighted by Crippen LogP contribution is -2.12. The van der Waals surface area contributed by atoms with Crippen molar-refractivity contribution in [2.24, 2.45) is 0 Å². The molecule has 23 heavy (non-hydrogen) atoms. The molecule has 2 aromatic carbocycles. The van der Waals surface area contributed by atoms with Crippen molar-refractivity contribution in [3.05, 3.63) is 58.1 Å². The van der Waals surface area contributed by atoms with Gasteiger partial charge in [0.25, 0.3) is 5.91 Å². The van der Waals surface area contributed by atoms with Crippen LogP contribution in [0.15, 0.2) is 47.4 Å². The molecule has 0 radical (unpaired) electrons. The van der Waals surface area contributed by atoms with Crippen LogP contribution in [0.25, 0.3) is 0 Å². The van der Waals surface area contributed by atoms with Gasteiger partial charge in [-0.2, -0.15) is 0 Å². The Morgan fingerprint density at radius 3 is 2.52 bits per heavy atom. The highest BCUT2D eigenvalue weighted by Crippen LogP contribution is 2.28. The molecular weight excluding hydrogens is 316 g/mol. The first-order valence-corrected chi connectivity index (χ1v) is 7.90. The number of hydrogen-bond donors (Lipinski definition) is 1. The van der Waals surface area contributed by atoms with Gasteiger partial charge in [-0.15, -0.1) is 11.8 Å². The predicted molar refractivity (Wildman–Crippen MR) is 90.4 cm³/mol. The molecule has 0 fully saturated rings. The first-order valence-electron chi connectivity index (χ1n) is 6.91. The zero-order chi connectivity index (χ0) is 16.8. The minimum absolute atomic E-state index is 0.118. The zero-order valence-electron chi connectivity index (χ0n) is 12.7. The summed E-state index contributed by atoms with van der Waals surface area (Å²) in [7, 11) is 1.35. The lowest BCUT2D eigenvalue weighted by molar-refractivity contribution is -0.385. The summed E-state index contributed by atoms with van der Waals surface area (Å²) in [6, 6.07) is 11.5. The van der Waals surface area contributed by atoms with E-state index in [9.17, 15) is 14.9 Å². The summed E-state index contributed by atoms with van der Waals surface area (Å²) >= 11 is 1.71. The standard InChI is InChI=1S/C16H16N2O4S/c1-3-23-13-7-5-12(6-8-13)17-16(19)11-4-9-15(22-2)14(10-11)18(20)21/h4-10H,3H2,1-2H3,(H,17,19). The maximum Gasteiger partial charge on any atom is 0.311 e. The number of nitro groups is 1. The Bertz CT molecular complexity index is 717. The molecule has 0 spiro atoms. The minimum Gasteiger partial charge on any atom is -0.490 e. The molecule has 0 aromatic heterocycles. The van der Waals surface area contributed by atoms with E-state index >= 15 is 0 Å². The Morgan fingerprint density at radius 2 is 1.96 bits per heavy atom. The number of nitro benzene ring substituents is 1. The predicted octanol–water partition coefficient (Wildman–Crippen LogP) is 3.97. The average molecular weight is 332 g/mol. The number of amides is 1. The molecule has 1 N–H and O–H groups in total. The van der Waals surface area contributed by atoms with Gasteiger partial charge >= 0.3 is 5.69 Å². The number of carbonyl (C=O) groups excluding carboxylic acids is 1. The maximum absolute atomic E-state index is 12.2. The van der Waals surface area contributed by atoms with Gasteiger partial charge < -0.3 is 10.1 Å². The van der Waals surface area contributed by atoms with Gasteiger partial charge in [0.2, 0.25) is 0 Å². The van der Waals surface area contributed by atoms with Crippen molar-refractivity contribution in [1.82, 2.24) is 0 Å². The molecule has 6 nitrogen and oxygen atoms in total. The van der Waals surface area contributed by atoms with Crippen molar-refractivity contribution >= 4 is 29.0 Å². The molecule has 0 saturated carbocycles. The maximum atomic E-state index is 12.2. The summed E-state index contributed by atoms with van der Waals surface area (Å²) in [5.41, 5.74) is 0.591. The van der Waals surface area contributed by atoms with E-state index in [0.717, 1.165) is 10.6 Å². The molecule has 1 amide bonds. The van der Waals surface area contributed by atoms with Gasteiger partial charge in [-0.25, -0.2) is 0 Å². The number of benzene rings is 2. The third-order valence-corrected chi connectivity index (χ3v) is 3.96. The van der Waals surface area contributed by atoms with E-state index in [0.29, 0.717) is 5.69 Å². The Balaban J connectivity index is 2.17. The summed E-state index contributed by atoms with van der Waals surface area (Å²) in [6.45, 7) is 2.07. The lowest BCUT2D eigenvalue weighted by atomic mass is 10.1. The number of nitrogens with one attached hydrogen (secondary N) is 1. The quantitative estimate of drug-likeness (QED) is 0.492. The molecule has 0 aliphatic heterocycles. The Hall–Kier alpha value is -2.54. The summed E-state index contributed by atoms with van der Waals surface area (Å²) in [5, 5.41) is 13.7. The van der Waals surface area contributed by atoms with Crippen molar-refractivity contribution in [3.8, 4) is 5.75 Å². The molecule has 0 saturated heterocycles. The minimum atomic E-state index is -0.577. The molecule has 2 rings (SSSR count). The Labute approximate surface area is 138 Å². The Morgan fingerprint density at radius 1 is 1.26 bits per heavy atom. The van der Waals surface area contributed by atoms with E-state index in [1.54, 1.807) is 23.9 Å². The normalized spacial score (nSPS) is 10.2. The van der Waals surface area contributed by atoms with Crippen molar-refractivity contribution < 1.29 is 14.5 Å². The van der Waals surface area contributed by atoms with Crippen LogP contribution in [0.4, 0.5) is 11.4 Å². The number of carbonyl (C=O) groups is 1. The van der Waals surface area contributed by atoms with Crippen molar-refractivity contribution in [3.63, 3.8) is 0 Å². The van der Waals surface area contributed by atoms with Crippen molar-refractivity contribution in [1.29, 1.82) is 0 Å². The average Bonchev–Trinajstić information content (AvgIpc) is 2.56. The topological polar surface area (TPSA) is 81.5 Å². The number of thioether (sulfide) groups is 1. The SMILES string of the molecule is CCSc1ccc(NC(=O)c2ccc(OC)c([N+](=O)[O-])c2)cc1. The van der Waals surface area contributed by atoms with E-state index in [-0.39, 0.29) is 17.0 Å². The van der Waals surface area contributed by atoms with Gasteiger partial charge in [0.15, 0.2) is 5.75 Å². The van der Waals surface area contributed by atoms with Crippen LogP contribution < -0.4 is 10.1 Å². The van der Waals surface area contributed by atoms with Crippen LogP contribution in [0.3, 0.4) is 0 Å². The zero-order valence-corrected chi connectivity index (χ0v) is 13.6. The van der Waals surface area contributed by atoms with Crippen LogP contribution >= 0.6 is 11.8 Å². The molecule has 0 heterocycles. The number of ether oxygens (including phenoxy) is 1. The molecule has 2 aromatic rings. The molecule has 0 bridgehead atoms. The third-order valence-electron chi connectivity index (χ3n) is 3.06. The van der Waals surface area contributed by atoms with E-state index < -0.39 is 10.8 Å². The van der Waals surface area contributed by atoms with Gasteiger partial charge in [-0.3, -0.25) is 14.9 Å². The second-order valence-corrected chi connectivity index (χ2v) is 5.89. The molecule has 120 valence electrons. The number of rotatable bonds is 6. The second kappa shape index (κ2) is 7.64. The molecule has 0 aliphatic carbocycles. The van der Waals surface area contributed by atoms with Crippen LogP contribution in [0.5, 0.6) is 5.75 Å². The lowest BCUT2D eigenvalue weighted by Gasteiger charge is -2.07. The van der Waals surface area contributed by atoms with Crippen LogP contribution in [-0.4, -0.2) is 23.7 Å². The smallest absolute Gasteiger partial charge is 0.311 e. The van der Waals surface area contributed by atoms with Gasteiger partial charge in [0.05, 0.1) is 12.0 Å². The van der Waals surface area contributed by atoms with Crippen LogP contribution in [0.2, 0.25) is 0 Å². The first kappa shape index (κ1) is 16.8. The Kier molecular flexibility index (Phi) is 5.59. The molecule has 0 atom stereocenters. The number of nitrogens with zero attached hydrogens (tertiary/aromatic N) is 1. The van der Waals surface area contributed by atoms with E-state index in [2.05, 4.69) is 12.2 Å². The van der Waals surface area contributed by atoms with Gasteiger partial charge in [-0.1, -0.05) is 6.92 Å². The summed E-state index contributed by atoms with van der Waals surface area (Å²) in [4.78, 5) is 23.8. The fraction of sp³-hybridized carbons (Fsp3) is 0.188. The number of hydrogen-bond acceptors (Lipinski definition) is 5. The second-order valence-electron chi connectivity index (χ2n) is 4.56. The molecular formula is C16H16N2O4S. The highest BCUT2D eigenvalue weighted by Gasteiger charge is 2.18.